The van der Waals surface area contributed by atoms with Crippen LogP contribution in [-0.2, 0) is 4.79 Å². The lowest BCUT2D eigenvalue weighted by Crippen LogP contribution is -2.23. The zero-order valence-corrected chi connectivity index (χ0v) is 12.7. The molecule has 0 radical (unpaired) electrons. The highest BCUT2D eigenvalue weighted by atomic mass is 16.6. The highest BCUT2D eigenvalue weighted by molar-refractivity contribution is 5.95. The second-order valence-electron chi connectivity index (χ2n) is 5.34. The van der Waals surface area contributed by atoms with Crippen molar-refractivity contribution >= 4 is 23.3 Å². The van der Waals surface area contributed by atoms with Gasteiger partial charge in [0.1, 0.15) is 5.75 Å². The lowest BCUT2D eigenvalue weighted by molar-refractivity contribution is -0.384. The van der Waals surface area contributed by atoms with Crippen LogP contribution < -0.4 is 9.64 Å². The van der Waals surface area contributed by atoms with Crippen LogP contribution in [0.2, 0.25) is 0 Å². The molecule has 1 amide bonds. The van der Waals surface area contributed by atoms with Gasteiger partial charge in [-0.15, -0.1) is 0 Å². The molecule has 1 saturated heterocycles. The Bertz CT molecular complexity index is 801. The molecule has 1 aliphatic heterocycles. The highest BCUT2D eigenvalue weighted by Gasteiger charge is 2.21. The maximum Gasteiger partial charge on any atom is 0.343 e. The number of esters is 1. The molecule has 3 rings (SSSR count). The molecule has 0 atom stereocenters. The van der Waals surface area contributed by atoms with Crippen LogP contribution in [0.4, 0.5) is 11.4 Å². The lowest BCUT2D eigenvalue weighted by atomic mass is 10.2. The fourth-order valence-electron chi connectivity index (χ4n) is 2.53. The molecule has 7 heteroatoms. The summed E-state index contributed by atoms with van der Waals surface area (Å²) in [4.78, 5) is 35.6. The average Bonchev–Trinajstić information content (AvgIpc) is 3.01. The third kappa shape index (κ3) is 3.24. The standard InChI is InChI=1S/C17H14N2O5/c20-16-5-2-10-18(16)13-6-8-15(9-7-13)24-17(21)12-3-1-4-14(11-12)19(22)23/h1,3-4,6-9,11H,2,5,10H2. The van der Waals surface area contributed by atoms with E-state index in [1.807, 2.05) is 0 Å². The monoisotopic (exact) mass is 326 g/mol. The fourth-order valence-corrected chi connectivity index (χ4v) is 2.53. The quantitative estimate of drug-likeness (QED) is 0.373. The Hall–Kier alpha value is -3.22. The van der Waals surface area contributed by atoms with Crippen LogP contribution in [0.3, 0.4) is 0 Å². The largest absolute Gasteiger partial charge is 0.423 e. The minimum atomic E-state index is -0.677. The number of non-ortho nitro benzene ring substituents is 1. The summed E-state index contributed by atoms with van der Waals surface area (Å²) in [6.45, 7) is 0.686. The molecule has 1 heterocycles. The number of nitro benzene ring substituents is 1. The first-order valence-electron chi connectivity index (χ1n) is 7.41. The van der Waals surface area contributed by atoms with Crippen molar-refractivity contribution in [3.63, 3.8) is 0 Å². The first-order valence-corrected chi connectivity index (χ1v) is 7.41. The number of nitrogens with zero attached hydrogens (tertiary/aromatic N) is 2. The summed E-state index contributed by atoms with van der Waals surface area (Å²) in [5.74, 6) is -0.290. The predicted octanol–water partition coefficient (Wildman–Crippen LogP) is 2.94. The van der Waals surface area contributed by atoms with Crippen LogP contribution in [0.15, 0.2) is 48.5 Å². The van der Waals surface area contributed by atoms with Gasteiger partial charge >= 0.3 is 5.97 Å². The van der Waals surface area contributed by atoms with Gasteiger partial charge in [0.15, 0.2) is 0 Å². The van der Waals surface area contributed by atoms with E-state index in [1.54, 1.807) is 29.2 Å². The van der Waals surface area contributed by atoms with Crippen molar-refractivity contribution in [1.29, 1.82) is 0 Å². The minimum absolute atomic E-state index is 0.0799. The van der Waals surface area contributed by atoms with Gasteiger partial charge in [-0.25, -0.2) is 4.79 Å². The summed E-state index contributed by atoms with van der Waals surface area (Å²) in [6.07, 6.45) is 1.38. The predicted molar refractivity (Wildman–Crippen MR) is 86.1 cm³/mol. The Labute approximate surface area is 137 Å². The number of carbonyl (C=O) groups excluding carboxylic acids is 2. The molecular weight excluding hydrogens is 312 g/mol. The number of nitro groups is 1. The van der Waals surface area contributed by atoms with Crippen LogP contribution in [0.5, 0.6) is 5.75 Å². The zero-order valence-electron chi connectivity index (χ0n) is 12.7. The van der Waals surface area contributed by atoms with Gasteiger partial charge in [-0.3, -0.25) is 14.9 Å². The van der Waals surface area contributed by atoms with Gasteiger partial charge in [0.05, 0.1) is 10.5 Å². The van der Waals surface area contributed by atoms with E-state index in [0.717, 1.165) is 12.1 Å². The van der Waals surface area contributed by atoms with E-state index in [2.05, 4.69) is 0 Å². The van der Waals surface area contributed by atoms with E-state index in [9.17, 15) is 19.7 Å². The van der Waals surface area contributed by atoms with E-state index in [1.165, 1.54) is 24.3 Å². The van der Waals surface area contributed by atoms with Crippen molar-refractivity contribution in [2.75, 3.05) is 11.4 Å². The molecule has 0 aliphatic carbocycles. The van der Waals surface area contributed by atoms with Crippen molar-refractivity contribution in [2.45, 2.75) is 12.8 Å². The molecule has 1 aliphatic rings. The van der Waals surface area contributed by atoms with Gasteiger partial charge in [0.25, 0.3) is 5.69 Å². The Morgan fingerprint density at radius 1 is 1.17 bits per heavy atom. The van der Waals surface area contributed by atoms with Crippen LogP contribution in [0.25, 0.3) is 0 Å². The van der Waals surface area contributed by atoms with Crippen LogP contribution in [0, 0.1) is 10.1 Å². The van der Waals surface area contributed by atoms with Crippen molar-refractivity contribution in [2.24, 2.45) is 0 Å². The van der Waals surface area contributed by atoms with E-state index >= 15 is 0 Å². The molecule has 2 aromatic carbocycles. The third-order valence-electron chi connectivity index (χ3n) is 3.73. The number of rotatable bonds is 4. The number of ether oxygens (including phenoxy) is 1. The maximum absolute atomic E-state index is 12.1. The van der Waals surface area contributed by atoms with E-state index < -0.39 is 10.9 Å². The number of anilines is 1. The average molecular weight is 326 g/mol. The van der Waals surface area contributed by atoms with Crippen molar-refractivity contribution in [3.05, 3.63) is 64.2 Å². The summed E-state index contributed by atoms with van der Waals surface area (Å²) >= 11 is 0. The number of amides is 1. The Morgan fingerprint density at radius 2 is 1.92 bits per heavy atom. The zero-order chi connectivity index (χ0) is 17.1. The molecule has 0 aromatic heterocycles. The molecule has 0 unspecified atom stereocenters. The number of benzene rings is 2. The van der Waals surface area contributed by atoms with E-state index in [4.69, 9.17) is 4.74 Å². The topological polar surface area (TPSA) is 89.8 Å². The van der Waals surface area contributed by atoms with Crippen LogP contribution >= 0.6 is 0 Å². The highest BCUT2D eigenvalue weighted by Crippen LogP contribution is 2.24. The Kier molecular flexibility index (Phi) is 4.24. The molecule has 2 aromatic rings. The smallest absolute Gasteiger partial charge is 0.343 e. The van der Waals surface area contributed by atoms with Crippen molar-refractivity contribution in [3.8, 4) is 5.75 Å². The van der Waals surface area contributed by atoms with E-state index in [0.29, 0.717) is 18.7 Å². The van der Waals surface area contributed by atoms with Gasteiger partial charge in [0, 0.05) is 30.8 Å². The molecule has 7 nitrogen and oxygen atoms in total. The molecule has 122 valence electrons. The molecule has 0 bridgehead atoms. The lowest BCUT2D eigenvalue weighted by Gasteiger charge is -2.15. The number of hydrogen-bond acceptors (Lipinski definition) is 5. The second-order valence-corrected chi connectivity index (χ2v) is 5.34. The van der Waals surface area contributed by atoms with Gasteiger partial charge in [-0.05, 0) is 36.8 Å². The second kappa shape index (κ2) is 6.49. The SMILES string of the molecule is O=C(Oc1ccc(N2CCCC2=O)cc1)c1cccc([N+](=O)[O-])c1. The molecular formula is C17H14N2O5. The number of hydrogen-bond donors (Lipinski definition) is 0. The third-order valence-corrected chi connectivity index (χ3v) is 3.73. The van der Waals surface area contributed by atoms with Crippen molar-refractivity contribution < 1.29 is 19.2 Å². The molecule has 24 heavy (non-hydrogen) atoms. The first kappa shape index (κ1) is 15.7. The van der Waals surface area contributed by atoms with Gasteiger partial charge in [-0.2, -0.15) is 0 Å². The summed E-state index contributed by atoms with van der Waals surface area (Å²) in [5, 5.41) is 10.7. The molecule has 0 saturated carbocycles. The number of carbonyl (C=O) groups is 2. The van der Waals surface area contributed by atoms with Crippen LogP contribution in [0.1, 0.15) is 23.2 Å². The summed E-state index contributed by atoms with van der Waals surface area (Å²) in [7, 11) is 0. The Balaban J connectivity index is 1.71. The minimum Gasteiger partial charge on any atom is -0.423 e. The van der Waals surface area contributed by atoms with Gasteiger partial charge < -0.3 is 9.64 Å². The fraction of sp³-hybridized carbons (Fsp3) is 0.176. The van der Waals surface area contributed by atoms with Crippen LogP contribution in [-0.4, -0.2) is 23.3 Å². The normalized spacial score (nSPS) is 13.8. The molecule has 0 N–H and O–H groups in total. The van der Waals surface area contributed by atoms with E-state index in [-0.39, 0.29) is 17.2 Å². The first-order chi connectivity index (χ1) is 11.5. The Morgan fingerprint density at radius 3 is 2.54 bits per heavy atom. The van der Waals surface area contributed by atoms with Gasteiger partial charge in [0.2, 0.25) is 5.91 Å². The van der Waals surface area contributed by atoms with Crippen molar-refractivity contribution in [1.82, 2.24) is 0 Å². The van der Waals surface area contributed by atoms with Gasteiger partial charge in [-0.1, -0.05) is 6.07 Å². The molecule has 1 fully saturated rings. The summed E-state index contributed by atoms with van der Waals surface area (Å²) in [5.41, 5.74) is 0.683. The molecule has 0 spiro atoms. The summed E-state index contributed by atoms with van der Waals surface area (Å²) in [6, 6.07) is 12.0. The summed E-state index contributed by atoms with van der Waals surface area (Å²) < 4.78 is 5.21. The maximum atomic E-state index is 12.1.